The van der Waals surface area contributed by atoms with Crippen LogP contribution in [0.3, 0.4) is 0 Å². The Balaban J connectivity index is 2.20. The van der Waals surface area contributed by atoms with Gasteiger partial charge < -0.3 is 0 Å². The molecule has 0 heterocycles. The summed E-state index contributed by atoms with van der Waals surface area (Å²) in [5, 5.41) is 4.34. The topological polar surface area (TPSA) is 41.5 Å². The molecule has 0 aromatic heterocycles. The summed E-state index contributed by atoms with van der Waals surface area (Å²) in [6, 6.07) is 15.6. The number of nitrogens with one attached hydrogen (secondary N) is 1. The van der Waals surface area contributed by atoms with Gasteiger partial charge in [-0.15, -0.1) is 0 Å². The number of benzene rings is 2. The Hall–Kier alpha value is -2.42. The Labute approximate surface area is 132 Å². The van der Waals surface area contributed by atoms with E-state index < -0.39 is 0 Å². The maximum atomic E-state index is 12.2. The summed E-state index contributed by atoms with van der Waals surface area (Å²) >= 11 is 0. The third-order valence-electron chi connectivity index (χ3n) is 3.66. The number of amides is 1. The summed E-state index contributed by atoms with van der Waals surface area (Å²) < 4.78 is 0. The van der Waals surface area contributed by atoms with Gasteiger partial charge in [0.05, 0.1) is 5.71 Å². The van der Waals surface area contributed by atoms with E-state index in [1.165, 1.54) is 5.56 Å². The summed E-state index contributed by atoms with van der Waals surface area (Å²) in [7, 11) is 0. The van der Waals surface area contributed by atoms with E-state index in [0.29, 0.717) is 5.56 Å². The van der Waals surface area contributed by atoms with Gasteiger partial charge in [-0.2, -0.15) is 5.10 Å². The lowest BCUT2D eigenvalue weighted by Crippen LogP contribution is -2.22. The number of aryl methyl sites for hydroxylation is 2. The highest BCUT2D eigenvalue weighted by molar-refractivity contribution is 6.03. The van der Waals surface area contributed by atoms with Crippen molar-refractivity contribution in [3.63, 3.8) is 0 Å². The van der Waals surface area contributed by atoms with Gasteiger partial charge in [-0.3, -0.25) is 4.79 Å². The van der Waals surface area contributed by atoms with Crippen molar-refractivity contribution in [3.8, 4) is 0 Å². The monoisotopic (exact) mass is 294 g/mol. The highest BCUT2D eigenvalue weighted by Crippen LogP contribution is 2.11. The number of carbonyl (C=O) groups is 1. The molecular formula is C19H22N2O. The second-order valence-corrected chi connectivity index (χ2v) is 5.76. The first kappa shape index (κ1) is 16.0. The van der Waals surface area contributed by atoms with Gasteiger partial charge in [0.15, 0.2) is 0 Å². The van der Waals surface area contributed by atoms with Crippen molar-refractivity contribution < 1.29 is 4.79 Å². The lowest BCUT2D eigenvalue weighted by atomic mass is 10.0. The predicted molar refractivity (Wildman–Crippen MR) is 91.2 cm³/mol. The van der Waals surface area contributed by atoms with Crippen LogP contribution in [0.15, 0.2) is 53.6 Å². The molecule has 0 atom stereocenters. The fourth-order valence-electron chi connectivity index (χ4n) is 2.19. The van der Waals surface area contributed by atoms with Crippen LogP contribution in [0.4, 0.5) is 0 Å². The molecule has 0 saturated carbocycles. The quantitative estimate of drug-likeness (QED) is 0.669. The van der Waals surface area contributed by atoms with Gasteiger partial charge >= 0.3 is 0 Å². The zero-order valence-corrected chi connectivity index (χ0v) is 13.6. The number of nitrogens with zero attached hydrogens (tertiary/aromatic N) is 1. The molecule has 0 aliphatic heterocycles. The van der Waals surface area contributed by atoms with Gasteiger partial charge in [-0.25, -0.2) is 5.43 Å². The Morgan fingerprint density at radius 2 is 1.64 bits per heavy atom. The molecule has 1 amide bonds. The van der Waals surface area contributed by atoms with E-state index in [1.54, 1.807) is 0 Å². The molecule has 3 heteroatoms. The fourth-order valence-corrected chi connectivity index (χ4v) is 2.19. The Morgan fingerprint density at radius 3 is 2.23 bits per heavy atom. The first-order chi connectivity index (χ1) is 10.5. The first-order valence-electron chi connectivity index (χ1n) is 7.49. The molecule has 3 nitrogen and oxygen atoms in total. The molecular weight excluding hydrogens is 272 g/mol. The molecule has 22 heavy (non-hydrogen) atoms. The van der Waals surface area contributed by atoms with Gasteiger partial charge in [-0.1, -0.05) is 50.2 Å². The minimum Gasteiger partial charge on any atom is -0.267 e. The van der Waals surface area contributed by atoms with Crippen LogP contribution in [0.1, 0.15) is 40.9 Å². The van der Waals surface area contributed by atoms with Crippen LogP contribution in [-0.4, -0.2) is 11.6 Å². The van der Waals surface area contributed by atoms with Crippen molar-refractivity contribution >= 4 is 11.6 Å². The number of hydrazone groups is 1. The van der Waals surface area contributed by atoms with Crippen LogP contribution in [0.25, 0.3) is 0 Å². The van der Waals surface area contributed by atoms with E-state index in [-0.39, 0.29) is 11.8 Å². The second-order valence-electron chi connectivity index (χ2n) is 5.76. The van der Waals surface area contributed by atoms with Gasteiger partial charge in [0, 0.05) is 5.56 Å². The fraction of sp³-hybridized carbons (Fsp3) is 0.263. The number of hydrogen-bond acceptors (Lipinski definition) is 2. The van der Waals surface area contributed by atoms with Crippen LogP contribution in [-0.2, 0) is 0 Å². The summed E-state index contributed by atoms with van der Waals surface area (Å²) in [4.78, 5) is 12.2. The second kappa shape index (κ2) is 7.03. The maximum absolute atomic E-state index is 12.2. The van der Waals surface area contributed by atoms with E-state index in [9.17, 15) is 4.79 Å². The zero-order valence-electron chi connectivity index (χ0n) is 13.6. The molecule has 2 aromatic carbocycles. The van der Waals surface area contributed by atoms with E-state index in [0.717, 1.165) is 16.8 Å². The predicted octanol–water partition coefficient (Wildman–Crippen LogP) is 4.09. The van der Waals surface area contributed by atoms with Gasteiger partial charge in [0.1, 0.15) is 0 Å². The van der Waals surface area contributed by atoms with Gasteiger partial charge in [-0.05, 0) is 48.6 Å². The van der Waals surface area contributed by atoms with Crippen LogP contribution < -0.4 is 5.43 Å². The highest BCUT2D eigenvalue weighted by atomic mass is 16.2. The first-order valence-corrected chi connectivity index (χ1v) is 7.49. The summed E-state index contributed by atoms with van der Waals surface area (Å²) in [5.41, 5.74) is 7.48. The molecule has 0 saturated heterocycles. The molecule has 0 unspecified atom stereocenters. The van der Waals surface area contributed by atoms with Crippen molar-refractivity contribution in [1.29, 1.82) is 0 Å². The van der Waals surface area contributed by atoms with Crippen molar-refractivity contribution in [2.24, 2.45) is 11.0 Å². The smallest absolute Gasteiger partial charge is 0.267 e. The lowest BCUT2D eigenvalue weighted by Gasteiger charge is -2.11. The molecule has 0 radical (unpaired) electrons. The number of rotatable bonds is 4. The molecule has 0 aliphatic rings. The minimum atomic E-state index is -0.183. The SMILES string of the molecule is Cc1ccc(C(=O)NN=C(c2ccccc2)C(C)C)cc1C. The Kier molecular flexibility index (Phi) is 5.10. The van der Waals surface area contributed by atoms with E-state index in [1.807, 2.05) is 62.4 Å². The average Bonchev–Trinajstić information content (AvgIpc) is 2.50. The lowest BCUT2D eigenvalue weighted by molar-refractivity contribution is 0.0954. The highest BCUT2D eigenvalue weighted by Gasteiger charge is 2.10. The normalized spacial score (nSPS) is 11.6. The largest absolute Gasteiger partial charge is 0.271 e. The summed E-state index contributed by atoms with van der Waals surface area (Å²) in [6.07, 6.45) is 0. The molecule has 0 bridgehead atoms. The summed E-state index contributed by atoms with van der Waals surface area (Å²) in [6.45, 7) is 8.16. The third-order valence-corrected chi connectivity index (χ3v) is 3.66. The molecule has 0 fully saturated rings. The van der Waals surface area contributed by atoms with Gasteiger partial charge in [0.25, 0.3) is 5.91 Å². The average molecular weight is 294 g/mol. The van der Waals surface area contributed by atoms with Crippen molar-refractivity contribution in [2.45, 2.75) is 27.7 Å². The Bertz CT molecular complexity index is 688. The maximum Gasteiger partial charge on any atom is 0.271 e. The molecule has 2 aromatic rings. The van der Waals surface area contributed by atoms with Crippen LogP contribution in [0.5, 0.6) is 0 Å². The summed E-state index contributed by atoms with van der Waals surface area (Å²) in [5.74, 6) is 0.0413. The zero-order chi connectivity index (χ0) is 16.1. The van der Waals surface area contributed by atoms with Gasteiger partial charge in [0.2, 0.25) is 0 Å². The van der Waals surface area contributed by atoms with Crippen LogP contribution >= 0.6 is 0 Å². The molecule has 0 spiro atoms. The number of carbonyl (C=O) groups excluding carboxylic acids is 1. The van der Waals surface area contributed by atoms with Crippen LogP contribution in [0.2, 0.25) is 0 Å². The molecule has 114 valence electrons. The minimum absolute atomic E-state index is 0.183. The standard InChI is InChI=1S/C19H22N2O/c1-13(2)18(16-8-6-5-7-9-16)20-21-19(22)17-11-10-14(3)15(4)12-17/h5-13H,1-4H3,(H,21,22). The molecule has 2 rings (SSSR count). The van der Waals surface area contributed by atoms with E-state index in [2.05, 4.69) is 24.4 Å². The van der Waals surface area contributed by atoms with Crippen molar-refractivity contribution in [3.05, 3.63) is 70.8 Å². The molecule has 0 aliphatic carbocycles. The van der Waals surface area contributed by atoms with Crippen molar-refractivity contribution in [1.82, 2.24) is 5.43 Å². The van der Waals surface area contributed by atoms with E-state index >= 15 is 0 Å². The number of hydrogen-bond donors (Lipinski definition) is 1. The Morgan fingerprint density at radius 1 is 0.955 bits per heavy atom. The van der Waals surface area contributed by atoms with E-state index in [4.69, 9.17) is 0 Å². The van der Waals surface area contributed by atoms with Crippen molar-refractivity contribution in [2.75, 3.05) is 0 Å². The molecule has 1 N–H and O–H groups in total. The van der Waals surface area contributed by atoms with Crippen LogP contribution in [0, 0.1) is 19.8 Å². The third kappa shape index (κ3) is 3.82.